The molecule has 5 heteroatoms. The molecule has 1 aliphatic heterocycles. The molecule has 3 aliphatic rings. The average Bonchev–Trinajstić information content (AvgIpc) is 2.96. The van der Waals surface area contributed by atoms with Crippen LogP contribution in [-0.4, -0.2) is 30.4 Å². The number of fused-ring (bicyclic) bond motifs is 1. The molecule has 5 nitrogen and oxygen atoms in total. The number of carboxylic acid groups (broad SMARTS) is 1. The Bertz CT molecular complexity index is 703. The molecule has 1 heterocycles. The molecule has 0 saturated heterocycles. The summed E-state index contributed by atoms with van der Waals surface area (Å²) >= 11 is 0. The molecule has 5 atom stereocenters. The number of allylic oxidation sites excluding steroid dienone is 3. The standard InChI is InChI=1S/C21H28O5/c1-13-8-10-21(3)15(18(22)23)6-5-7-16(21)20(13,2)11-9-14-12-17(25-4)26-19(14)24/h5-7,12-13,16-17H,8-11H2,1-4H3,(H,22,23)/t13-,16-,17+,20+,21+/m1/s1. The van der Waals surface area contributed by atoms with E-state index >= 15 is 0 Å². The molecule has 0 spiro atoms. The number of carboxylic acids is 1. The van der Waals surface area contributed by atoms with Crippen LogP contribution in [0.2, 0.25) is 0 Å². The van der Waals surface area contributed by atoms with Crippen molar-refractivity contribution in [2.24, 2.45) is 22.7 Å². The van der Waals surface area contributed by atoms with Crippen LogP contribution in [0.15, 0.2) is 35.5 Å². The Kier molecular flexibility index (Phi) is 4.86. The minimum absolute atomic E-state index is 0.0925. The molecule has 0 aromatic heterocycles. The van der Waals surface area contributed by atoms with Gasteiger partial charge in [0, 0.05) is 23.7 Å². The topological polar surface area (TPSA) is 72.8 Å². The Morgan fingerprint density at radius 2 is 2.15 bits per heavy atom. The van der Waals surface area contributed by atoms with E-state index in [1.807, 2.05) is 6.08 Å². The summed E-state index contributed by atoms with van der Waals surface area (Å²) < 4.78 is 10.2. The van der Waals surface area contributed by atoms with Gasteiger partial charge in [-0.05, 0) is 49.0 Å². The van der Waals surface area contributed by atoms with Crippen molar-refractivity contribution in [1.29, 1.82) is 0 Å². The lowest BCUT2D eigenvalue weighted by molar-refractivity contribution is -0.155. The van der Waals surface area contributed by atoms with Crippen LogP contribution in [0.4, 0.5) is 0 Å². The van der Waals surface area contributed by atoms with Crippen molar-refractivity contribution in [2.45, 2.75) is 52.7 Å². The number of methoxy groups -OCH3 is 1. The van der Waals surface area contributed by atoms with Crippen LogP contribution in [0, 0.1) is 22.7 Å². The number of carbonyl (C=O) groups excluding carboxylic acids is 1. The average molecular weight is 360 g/mol. The third-order valence-corrected chi connectivity index (χ3v) is 7.02. The Morgan fingerprint density at radius 3 is 2.77 bits per heavy atom. The van der Waals surface area contributed by atoms with E-state index in [1.54, 1.807) is 12.2 Å². The SMILES string of the molecule is CO[C@@H]1C=C(CC[C@@]2(C)[C@H](C)CC[C@@]3(C)C(C(=O)O)=CC=C[C@H]23)C(=O)O1. The highest BCUT2D eigenvalue weighted by atomic mass is 16.7. The molecule has 0 amide bonds. The fraction of sp³-hybridized carbons (Fsp3) is 0.619. The third-order valence-electron chi connectivity index (χ3n) is 7.02. The molecule has 0 aromatic carbocycles. The molecule has 1 fully saturated rings. The van der Waals surface area contributed by atoms with E-state index in [2.05, 4.69) is 26.8 Å². The molecule has 0 unspecified atom stereocenters. The number of cyclic esters (lactones) is 1. The number of rotatable bonds is 5. The highest BCUT2D eigenvalue weighted by Gasteiger charge is 2.54. The number of hydrogen-bond acceptors (Lipinski definition) is 4. The van der Waals surface area contributed by atoms with Gasteiger partial charge < -0.3 is 14.6 Å². The lowest BCUT2D eigenvalue weighted by Crippen LogP contribution is -2.49. The Balaban J connectivity index is 1.85. The number of hydrogen-bond donors (Lipinski definition) is 1. The quantitative estimate of drug-likeness (QED) is 0.754. The molecule has 142 valence electrons. The van der Waals surface area contributed by atoms with E-state index in [9.17, 15) is 14.7 Å². The monoisotopic (exact) mass is 360 g/mol. The van der Waals surface area contributed by atoms with Gasteiger partial charge >= 0.3 is 11.9 Å². The van der Waals surface area contributed by atoms with Gasteiger partial charge in [-0.2, -0.15) is 0 Å². The molecule has 1 N–H and O–H groups in total. The molecule has 0 aromatic rings. The number of aliphatic carboxylic acids is 1. The first-order valence-electron chi connectivity index (χ1n) is 9.29. The largest absolute Gasteiger partial charge is 0.478 e. The molecular formula is C21H28O5. The van der Waals surface area contributed by atoms with Crippen LogP contribution in [0.25, 0.3) is 0 Å². The summed E-state index contributed by atoms with van der Waals surface area (Å²) in [5.41, 5.74) is 0.695. The Morgan fingerprint density at radius 1 is 1.42 bits per heavy atom. The van der Waals surface area contributed by atoms with Crippen molar-refractivity contribution in [3.05, 3.63) is 35.5 Å². The van der Waals surface area contributed by atoms with Crippen LogP contribution in [0.3, 0.4) is 0 Å². The number of ether oxygens (including phenoxy) is 2. The maximum absolute atomic E-state index is 12.0. The van der Waals surface area contributed by atoms with Crippen LogP contribution in [-0.2, 0) is 19.1 Å². The maximum atomic E-state index is 12.0. The summed E-state index contributed by atoms with van der Waals surface area (Å²) in [6.07, 6.45) is 10.2. The summed E-state index contributed by atoms with van der Waals surface area (Å²) in [5.74, 6) is -0.568. The van der Waals surface area contributed by atoms with Crippen molar-refractivity contribution >= 4 is 11.9 Å². The number of esters is 1. The van der Waals surface area contributed by atoms with Gasteiger partial charge in [-0.15, -0.1) is 0 Å². The second-order valence-electron chi connectivity index (χ2n) is 8.31. The summed E-state index contributed by atoms with van der Waals surface area (Å²) in [4.78, 5) is 23.8. The van der Waals surface area contributed by atoms with E-state index in [0.29, 0.717) is 23.5 Å². The summed E-state index contributed by atoms with van der Waals surface area (Å²) in [6.45, 7) is 6.56. The minimum Gasteiger partial charge on any atom is -0.478 e. The van der Waals surface area contributed by atoms with Crippen molar-refractivity contribution < 1.29 is 24.2 Å². The molecule has 0 bridgehead atoms. The van der Waals surface area contributed by atoms with Crippen LogP contribution in [0.5, 0.6) is 0 Å². The van der Waals surface area contributed by atoms with Gasteiger partial charge in [0.25, 0.3) is 0 Å². The Hall–Kier alpha value is -1.88. The van der Waals surface area contributed by atoms with E-state index in [-0.39, 0.29) is 22.7 Å². The first-order chi connectivity index (χ1) is 12.2. The van der Waals surface area contributed by atoms with Crippen LogP contribution < -0.4 is 0 Å². The Labute approximate surface area is 154 Å². The second kappa shape index (κ2) is 6.69. The maximum Gasteiger partial charge on any atom is 0.336 e. The molecule has 0 radical (unpaired) electrons. The minimum atomic E-state index is -0.830. The van der Waals surface area contributed by atoms with Crippen molar-refractivity contribution in [3.8, 4) is 0 Å². The van der Waals surface area contributed by atoms with Crippen LogP contribution in [0.1, 0.15) is 46.5 Å². The van der Waals surface area contributed by atoms with Gasteiger partial charge in [-0.1, -0.05) is 39.0 Å². The zero-order chi connectivity index (χ0) is 19.1. The van der Waals surface area contributed by atoms with Gasteiger partial charge in [-0.3, -0.25) is 0 Å². The predicted octanol–water partition coefficient (Wildman–Crippen LogP) is 3.86. The van der Waals surface area contributed by atoms with E-state index in [0.717, 1.165) is 19.3 Å². The lowest BCUT2D eigenvalue weighted by Gasteiger charge is -2.56. The zero-order valence-corrected chi connectivity index (χ0v) is 16.0. The van der Waals surface area contributed by atoms with E-state index < -0.39 is 12.3 Å². The fourth-order valence-corrected chi connectivity index (χ4v) is 5.09. The zero-order valence-electron chi connectivity index (χ0n) is 16.0. The smallest absolute Gasteiger partial charge is 0.336 e. The molecule has 1 saturated carbocycles. The van der Waals surface area contributed by atoms with Gasteiger partial charge in [0.05, 0.1) is 0 Å². The van der Waals surface area contributed by atoms with Crippen molar-refractivity contribution in [1.82, 2.24) is 0 Å². The van der Waals surface area contributed by atoms with Crippen LogP contribution >= 0.6 is 0 Å². The molecular weight excluding hydrogens is 332 g/mol. The van der Waals surface area contributed by atoms with Crippen molar-refractivity contribution in [3.63, 3.8) is 0 Å². The fourth-order valence-electron chi connectivity index (χ4n) is 5.09. The predicted molar refractivity (Wildman–Crippen MR) is 97.2 cm³/mol. The van der Waals surface area contributed by atoms with Crippen molar-refractivity contribution in [2.75, 3.05) is 7.11 Å². The summed E-state index contributed by atoms with van der Waals surface area (Å²) in [6, 6.07) is 0. The van der Waals surface area contributed by atoms with Gasteiger partial charge in [0.1, 0.15) is 0 Å². The van der Waals surface area contributed by atoms with E-state index in [4.69, 9.17) is 9.47 Å². The summed E-state index contributed by atoms with van der Waals surface area (Å²) in [5, 5.41) is 9.69. The number of carbonyl (C=O) groups is 2. The van der Waals surface area contributed by atoms with Gasteiger partial charge in [0.15, 0.2) is 0 Å². The third kappa shape index (κ3) is 2.92. The lowest BCUT2D eigenvalue weighted by atomic mass is 9.48. The highest BCUT2D eigenvalue weighted by molar-refractivity contribution is 5.90. The molecule has 2 aliphatic carbocycles. The molecule has 3 rings (SSSR count). The van der Waals surface area contributed by atoms with Gasteiger partial charge in [0.2, 0.25) is 6.29 Å². The first-order valence-corrected chi connectivity index (χ1v) is 9.29. The van der Waals surface area contributed by atoms with E-state index in [1.165, 1.54) is 7.11 Å². The first kappa shape index (κ1) is 18.9. The highest BCUT2D eigenvalue weighted by Crippen LogP contribution is 2.60. The summed E-state index contributed by atoms with van der Waals surface area (Å²) in [7, 11) is 1.51. The normalized spacial score (nSPS) is 39.1. The van der Waals surface area contributed by atoms with Gasteiger partial charge in [-0.25, -0.2) is 9.59 Å². The molecule has 26 heavy (non-hydrogen) atoms. The second-order valence-corrected chi connectivity index (χ2v) is 8.31.